The highest BCUT2D eigenvalue weighted by molar-refractivity contribution is 5.50. The molecule has 1 aromatic carbocycles. The average Bonchev–Trinajstić information content (AvgIpc) is 2.38. The van der Waals surface area contributed by atoms with Crippen molar-refractivity contribution in [2.75, 3.05) is 25.1 Å². The van der Waals surface area contributed by atoms with Gasteiger partial charge in [0.1, 0.15) is 5.82 Å². The van der Waals surface area contributed by atoms with E-state index < -0.39 is 5.54 Å². The predicted octanol–water partition coefficient (Wildman–Crippen LogP) is 2.53. The molecule has 19 heavy (non-hydrogen) atoms. The summed E-state index contributed by atoms with van der Waals surface area (Å²) < 4.78 is 14.1. The number of anilines is 1. The van der Waals surface area contributed by atoms with Gasteiger partial charge in [-0.15, -0.1) is 0 Å². The summed E-state index contributed by atoms with van der Waals surface area (Å²) in [6.07, 6.45) is 1.06. The molecule has 0 fully saturated rings. The Morgan fingerprint density at radius 2 is 2.05 bits per heavy atom. The molecule has 0 heterocycles. The van der Waals surface area contributed by atoms with Crippen LogP contribution in [0.4, 0.5) is 10.1 Å². The molecule has 0 atom stereocenters. The summed E-state index contributed by atoms with van der Waals surface area (Å²) in [6.45, 7) is 7.44. The Morgan fingerprint density at radius 1 is 1.37 bits per heavy atom. The van der Waals surface area contributed by atoms with E-state index in [-0.39, 0.29) is 12.4 Å². The number of benzene rings is 1. The van der Waals surface area contributed by atoms with Gasteiger partial charge in [0, 0.05) is 13.6 Å². The number of hydrogen-bond acceptors (Lipinski definition) is 3. The molecule has 0 aromatic heterocycles. The lowest BCUT2D eigenvalue weighted by Gasteiger charge is -2.36. The molecular weight excluding hydrogens is 243 g/mol. The monoisotopic (exact) mass is 268 g/mol. The van der Waals surface area contributed by atoms with E-state index in [1.165, 1.54) is 0 Å². The first-order valence-corrected chi connectivity index (χ1v) is 6.76. The Hall–Kier alpha value is -1.13. The second-order valence-corrected chi connectivity index (χ2v) is 5.49. The minimum absolute atomic E-state index is 0.0251. The lowest BCUT2D eigenvalue weighted by molar-refractivity contribution is 0.215. The van der Waals surface area contributed by atoms with E-state index in [0.717, 1.165) is 18.5 Å². The lowest BCUT2D eigenvalue weighted by Crippen LogP contribution is -2.44. The number of nitrogens with one attached hydrogen (secondary N) is 1. The molecule has 2 N–H and O–H groups in total. The van der Waals surface area contributed by atoms with E-state index >= 15 is 0 Å². The molecule has 1 rings (SSSR count). The van der Waals surface area contributed by atoms with Crippen LogP contribution in [0.15, 0.2) is 18.2 Å². The van der Waals surface area contributed by atoms with Crippen LogP contribution in [0.3, 0.4) is 0 Å². The minimum Gasteiger partial charge on any atom is -0.394 e. The van der Waals surface area contributed by atoms with Gasteiger partial charge in [-0.05, 0) is 44.5 Å². The normalized spacial score (nSPS) is 11.7. The van der Waals surface area contributed by atoms with Crippen LogP contribution in [0.1, 0.15) is 32.8 Å². The zero-order valence-electron chi connectivity index (χ0n) is 12.3. The summed E-state index contributed by atoms with van der Waals surface area (Å²) in [5.74, 6) is -0.250. The van der Waals surface area contributed by atoms with Crippen LogP contribution >= 0.6 is 0 Å². The Balaban J connectivity index is 2.82. The number of halogens is 1. The first-order chi connectivity index (χ1) is 8.92. The van der Waals surface area contributed by atoms with Crippen LogP contribution in [0.25, 0.3) is 0 Å². The summed E-state index contributed by atoms with van der Waals surface area (Å²) >= 11 is 0. The quantitative estimate of drug-likeness (QED) is 0.746. The van der Waals surface area contributed by atoms with Crippen molar-refractivity contribution in [1.82, 2.24) is 5.32 Å². The summed E-state index contributed by atoms with van der Waals surface area (Å²) in [4.78, 5) is 1.77. The number of hydrogen-bond donors (Lipinski definition) is 2. The number of aliphatic hydroxyl groups excluding tert-OH is 1. The van der Waals surface area contributed by atoms with Gasteiger partial charge in [-0.2, -0.15) is 0 Å². The number of nitrogens with zero attached hydrogens (tertiary/aromatic N) is 1. The van der Waals surface area contributed by atoms with Gasteiger partial charge < -0.3 is 15.3 Å². The number of likely N-dealkylation sites (N-methyl/N-ethyl adjacent to an activating group) is 1. The molecule has 0 aliphatic heterocycles. The molecule has 0 bridgehead atoms. The van der Waals surface area contributed by atoms with Gasteiger partial charge in [0.05, 0.1) is 17.8 Å². The van der Waals surface area contributed by atoms with Gasteiger partial charge in [0.25, 0.3) is 0 Å². The summed E-state index contributed by atoms with van der Waals surface area (Å²) in [7, 11) is 1.80. The molecule has 0 spiro atoms. The largest absolute Gasteiger partial charge is 0.394 e. The third-order valence-electron chi connectivity index (χ3n) is 3.42. The van der Waals surface area contributed by atoms with Gasteiger partial charge in [0.2, 0.25) is 0 Å². The van der Waals surface area contributed by atoms with Crippen molar-refractivity contribution in [3.8, 4) is 0 Å². The highest BCUT2D eigenvalue weighted by Crippen LogP contribution is 2.25. The lowest BCUT2D eigenvalue weighted by atomic mass is 10.0. The Morgan fingerprint density at radius 3 is 2.58 bits per heavy atom. The van der Waals surface area contributed by atoms with E-state index in [9.17, 15) is 9.50 Å². The topological polar surface area (TPSA) is 35.5 Å². The van der Waals surface area contributed by atoms with E-state index in [1.54, 1.807) is 24.1 Å². The van der Waals surface area contributed by atoms with E-state index in [1.807, 2.05) is 19.9 Å². The van der Waals surface area contributed by atoms with Gasteiger partial charge in [0.15, 0.2) is 0 Å². The van der Waals surface area contributed by atoms with Crippen LogP contribution in [-0.4, -0.2) is 30.8 Å². The molecule has 4 heteroatoms. The first kappa shape index (κ1) is 15.9. The zero-order chi connectivity index (χ0) is 14.5. The maximum Gasteiger partial charge on any atom is 0.146 e. The number of rotatable bonds is 7. The Bertz CT molecular complexity index is 407. The second kappa shape index (κ2) is 6.87. The molecule has 0 unspecified atom stereocenters. The van der Waals surface area contributed by atoms with Crippen molar-refractivity contribution in [1.29, 1.82) is 0 Å². The predicted molar refractivity (Wildman–Crippen MR) is 78.0 cm³/mol. The van der Waals surface area contributed by atoms with Gasteiger partial charge in [-0.25, -0.2) is 4.39 Å². The smallest absolute Gasteiger partial charge is 0.146 e. The van der Waals surface area contributed by atoms with Gasteiger partial charge in [-0.1, -0.05) is 13.0 Å². The van der Waals surface area contributed by atoms with Crippen LogP contribution in [0.5, 0.6) is 0 Å². The van der Waals surface area contributed by atoms with Crippen molar-refractivity contribution < 1.29 is 9.50 Å². The fraction of sp³-hybridized carbons (Fsp3) is 0.600. The summed E-state index contributed by atoms with van der Waals surface area (Å²) in [5, 5.41) is 12.6. The highest BCUT2D eigenvalue weighted by Gasteiger charge is 2.24. The minimum atomic E-state index is -0.483. The van der Waals surface area contributed by atoms with Crippen LogP contribution in [-0.2, 0) is 6.54 Å². The molecule has 3 nitrogen and oxygen atoms in total. The first-order valence-electron chi connectivity index (χ1n) is 6.76. The van der Waals surface area contributed by atoms with Crippen LogP contribution in [0.2, 0.25) is 0 Å². The third kappa shape index (κ3) is 4.18. The third-order valence-corrected chi connectivity index (χ3v) is 3.42. The van der Waals surface area contributed by atoms with Crippen molar-refractivity contribution in [3.63, 3.8) is 0 Å². The Labute approximate surface area is 115 Å². The van der Waals surface area contributed by atoms with Crippen molar-refractivity contribution in [3.05, 3.63) is 29.6 Å². The highest BCUT2D eigenvalue weighted by atomic mass is 19.1. The summed E-state index contributed by atoms with van der Waals surface area (Å²) in [5.41, 5.74) is 0.964. The van der Waals surface area contributed by atoms with Crippen molar-refractivity contribution in [2.45, 2.75) is 39.3 Å². The fourth-order valence-electron chi connectivity index (χ4n) is 1.77. The molecule has 0 aliphatic rings. The van der Waals surface area contributed by atoms with Crippen molar-refractivity contribution >= 4 is 5.69 Å². The SMILES string of the molecule is CCCNCc1ccc(N(C)C(C)(C)CO)c(F)c1. The average molecular weight is 268 g/mol. The van der Waals surface area contributed by atoms with E-state index in [0.29, 0.717) is 12.2 Å². The number of aliphatic hydroxyl groups is 1. The summed E-state index contributed by atoms with van der Waals surface area (Å²) in [6, 6.07) is 5.25. The van der Waals surface area contributed by atoms with E-state index in [2.05, 4.69) is 12.2 Å². The maximum atomic E-state index is 14.1. The standard InChI is InChI=1S/C15H25FN2O/c1-5-8-17-10-12-6-7-14(13(16)9-12)18(4)15(2,3)11-19/h6-7,9,17,19H,5,8,10-11H2,1-4H3. The van der Waals surface area contributed by atoms with Crippen LogP contribution < -0.4 is 10.2 Å². The van der Waals surface area contributed by atoms with Crippen LogP contribution in [0, 0.1) is 5.82 Å². The molecule has 0 saturated heterocycles. The molecule has 108 valence electrons. The van der Waals surface area contributed by atoms with Gasteiger partial charge >= 0.3 is 0 Å². The molecule has 1 aromatic rings. The molecule has 0 aliphatic carbocycles. The Kier molecular flexibility index (Phi) is 5.76. The van der Waals surface area contributed by atoms with Crippen molar-refractivity contribution in [2.24, 2.45) is 0 Å². The van der Waals surface area contributed by atoms with E-state index in [4.69, 9.17) is 0 Å². The molecular formula is C15H25FN2O. The molecule has 0 radical (unpaired) electrons. The maximum absolute atomic E-state index is 14.1. The zero-order valence-corrected chi connectivity index (χ0v) is 12.3. The fourth-order valence-corrected chi connectivity index (χ4v) is 1.77. The molecule has 0 saturated carbocycles. The van der Waals surface area contributed by atoms with Gasteiger partial charge in [-0.3, -0.25) is 0 Å². The second-order valence-electron chi connectivity index (χ2n) is 5.49. The molecule has 0 amide bonds.